The summed E-state index contributed by atoms with van der Waals surface area (Å²) in [7, 11) is 0. The standard InChI is InChI=1S/C9H13.2ClH.Hf/c1-2-3-6-9-7-4-5-8-9;;;/h4,7H,2-3,5-6H2,1H3;2*1H;/q;;;+2/p-2. The van der Waals surface area contributed by atoms with Gasteiger partial charge in [-0.2, -0.15) is 0 Å². The molecule has 0 amide bonds. The molecule has 0 saturated carbocycles. The Bertz CT molecular complexity index is 173. The van der Waals surface area contributed by atoms with Gasteiger partial charge in [0.15, 0.2) is 0 Å². The Morgan fingerprint density at radius 1 is 1.42 bits per heavy atom. The molecule has 0 aromatic heterocycles. The van der Waals surface area contributed by atoms with Gasteiger partial charge in [0, 0.05) is 0 Å². The molecule has 0 nitrogen and oxygen atoms in total. The van der Waals surface area contributed by atoms with Crippen molar-refractivity contribution in [3.63, 3.8) is 0 Å². The van der Waals surface area contributed by atoms with Gasteiger partial charge in [-0.3, -0.25) is 0 Å². The Balaban J connectivity index is 0. The first-order chi connectivity index (χ1) is 4.84. The van der Waals surface area contributed by atoms with E-state index in [0.717, 1.165) is 0 Å². The zero-order valence-corrected chi connectivity index (χ0v) is 12.3. The molecular formula is C9H13Cl2Hf. The zero-order valence-electron chi connectivity index (χ0n) is 7.24. The molecule has 0 unspecified atom stereocenters. The van der Waals surface area contributed by atoms with Crippen molar-refractivity contribution in [1.82, 2.24) is 0 Å². The molecule has 0 N–H and O–H groups in total. The maximum Gasteiger partial charge on any atom is -1.00 e. The second-order valence-electron chi connectivity index (χ2n) is 2.71. The smallest absolute Gasteiger partial charge is 1.00 e. The number of allylic oxidation sites excluding steroid dienone is 4. The monoisotopic (exact) mass is 371 g/mol. The van der Waals surface area contributed by atoms with Gasteiger partial charge in [0.1, 0.15) is 0 Å². The molecule has 0 heterocycles. The van der Waals surface area contributed by atoms with Gasteiger partial charge in [0.05, 0.1) is 0 Å². The fourth-order valence-electron chi connectivity index (χ4n) is 1.15. The molecule has 0 aliphatic heterocycles. The normalized spacial score (nSPS) is 14.2. The summed E-state index contributed by atoms with van der Waals surface area (Å²) in [5, 5.41) is 0. The fraction of sp³-hybridized carbons (Fsp3) is 0.556. The molecule has 67 valence electrons. The SMILES string of the molecule is CCCCC1=[C]([Hf+2])CC=C1.[Cl-].[Cl-]. The van der Waals surface area contributed by atoms with E-state index in [1.54, 1.807) is 8.90 Å². The van der Waals surface area contributed by atoms with Crippen molar-refractivity contribution in [3.05, 3.63) is 21.1 Å². The van der Waals surface area contributed by atoms with Crippen LogP contribution in [-0.2, 0) is 24.4 Å². The largest absolute Gasteiger partial charge is 1.00 e. The first kappa shape index (κ1) is 15.4. The predicted octanol–water partition coefficient (Wildman–Crippen LogP) is -3.05. The molecule has 0 saturated heterocycles. The van der Waals surface area contributed by atoms with E-state index in [1.807, 2.05) is 0 Å². The van der Waals surface area contributed by atoms with Crippen molar-refractivity contribution in [2.45, 2.75) is 32.6 Å². The van der Waals surface area contributed by atoms with Crippen LogP contribution in [0.3, 0.4) is 0 Å². The molecule has 0 atom stereocenters. The summed E-state index contributed by atoms with van der Waals surface area (Å²) in [5.41, 5.74) is 1.65. The van der Waals surface area contributed by atoms with Gasteiger partial charge >= 0.3 is 78.0 Å². The molecule has 1 aliphatic rings. The minimum atomic E-state index is 0. The quantitative estimate of drug-likeness (QED) is 0.463. The third-order valence-electron chi connectivity index (χ3n) is 1.83. The van der Waals surface area contributed by atoms with Crippen molar-refractivity contribution >= 4 is 0 Å². The third-order valence-corrected chi connectivity index (χ3v) is 3.72. The van der Waals surface area contributed by atoms with Crippen LogP contribution in [0.25, 0.3) is 0 Å². The predicted molar refractivity (Wildman–Crippen MR) is 40.3 cm³/mol. The van der Waals surface area contributed by atoms with E-state index in [4.69, 9.17) is 0 Å². The minimum absolute atomic E-state index is 0. The van der Waals surface area contributed by atoms with Gasteiger partial charge in [-0.05, 0) is 0 Å². The molecule has 0 bridgehead atoms. The second kappa shape index (κ2) is 8.52. The van der Waals surface area contributed by atoms with E-state index in [-0.39, 0.29) is 24.8 Å². The Hall–Kier alpha value is 0.930. The van der Waals surface area contributed by atoms with Crippen LogP contribution < -0.4 is 24.8 Å². The Morgan fingerprint density at radius 3 is 2.50 bits per heavy atom. The van der Waals surface area contributed by atoms with Crippen LogP contribution in [0.1, 0.15) is 32.6 Å². The van der Waals surface area contributed by atoms with Crippen molar-refractivity contribution in [1.29, 1.82) is 0 Å². The molecule has 0 radical (unpaired) electrons. The van der Waals surface area contributed by atoms with Crippen LogP contribution in [0.5, 0.6) is 0 Å². The summed E-state index contributed by atoms with van der Waals surface area (Å²) in [6.07, 6.45) is 9.89. The summed E-state index contributed by atoms with van der Waals surface area (Å²) >= 11 is 1.27. The van der Waals surface area contributed by atoms with Crippen molar-refractivity contribution in [2.24, 2.45) is 0 Å². The van der Waals surface area contributed by atoms with Gasteiger partial charge in [-0.15, -0.1) is 0 Å². The first-order valence-corrected chi connectivity index (χ1v) is 5.74. The van der Waals surface area contributed by atoms with E-state index < -0.39 is 0 Å². The van der Waals surface area contributed by atoms with Crippen LogP contribution >= 0.6 is 0 Å². The maximum absolute atomic E-state index is 2.32. The van der Waals surface area contributed by atoms with Crippen LogP contribution in [0.15, 0.2) is 21.1 Å². The van der Waals surface area contributed by atoms with Crippen LogP contribution in [0.4, 0.5) is 0 Å². The number of rotatable bonds is 3. The first-order valence-electron chi connectivity index (χ1n) is 3.94. The van der Waals surface area contributed by atoms with E-state index >= 15 is 0 Å². The molecule has 0 fully saturated rings. The maximum atomic E-state index is 2.32. The summed E-state index contributed by atoms with van der Waals surface area (Å²) in [5.74, 6) is 0. The van der Waals surface area contributed by atoms with Gasteiger partial charge in [0.2, 0.25) is 0 Å². The summed E-state index contributed by atoms with van der Waals surface area (Å²) in [6.45, 7) is 2.26. The van der Waals surface area contributed by atoms with Gasteiger partial charge in [-0.1, -0.05) is 0 Å². The van der Waals surface area contributed by atoms with Crippen molar-refractivity contribution < 1.29 is 49.2 Å². The van der Waals surface area contributed by atoms with Crippen LogP contribution in [0, 0.1) is 0 Å². The molecule has 3 heteroatoms. The average Bonchev–Trinajstić information content (AvgIpc) is 2.31. The number of hydrogen-bond acceptors (Lipinski definition) is 0. The van der Waals surface area contributed by atoms with Gasteiger partial charge in [0.25, 0.3) is 0 Å². The van der Waals surface area contributed by atoms with Crippen molar-refractivity contribution in [3.8, 4) is 0 Å². The minimum Gasteiger partial charge on any atom is -1.00 e. The molecule has 1 aliphatic carbocycles. The number of unbranched alkanes of at least 4 members (excludes halogenated alkanes) is 1. The average molecular weight is 371 g/mol. The Morgan fingerprint density at radius 2 is 2.08 bits per heavy atom. The Kier molecular flexibility index (Phi) is 10.9. The number of hydrogen-bond donors (Lipinski definition) is 0. The summed E-state index contributed by atoms with van der Waals surface area (Å²) < 4.78 is 1.72. The zero-order chi connectivity index (χ0) is 7.40. The molecule has 0 spiro atoms. The van der Waals surface area contributed by atoms with Crippen molar-refractivity contribution in [2.75, 3.05) is 0 Å². The van der Waals surface area contributed by atoms with Crippen LogP contribution in [0.2, 0.25) is 0 Å². The summed E-state index contributed by atoms with van der Waals surface area (Å²) in [4.78, 5) is 0. The Labute approximate surface area is 102 Å². The third kappa shape index (κ3) is 4.84. The van der Waals surface area contributed by atoms with Crippen LogP contribution in [-0.4, -0.2) is 0 Å². The second-order valence-corrected chi connectivity index (χ2v) is 4.88. The molecule has 1 rings (SSSR count). The molecule has 0 aromatic rings. The van der Waals surface area contributed by atoms with Gasteiger partial charge in [-0.25, -0.2) is 0 Å². The topological polar surface area (TPSA) is 0 Å². The molecule has 12 heavy (non-hydrogen) atoms. The molecular weight excluding hydrogens is 357 g/mol. The molecule has 0 aromatic carbocycles. The van der Waals surface area contributed by atoms with E-state index in [0.29, 0.717) is 0 Å². The van der Waals surface area contributed by atoms with E-state index in [9.17, 15) is 0 Å². The fourth-order valence-corrected chi connectivity index (χ4v) is 2.32. The van der Waals surface area contributed by atoms with Gasteiger partial charge < -0.3 is 24.8 Å². The van der Waals surface area contributed by atoms with E-state index in [2.05, 4.69) is 19.1 Å². The van der Waals surface area contributed by atoms with E-state index in [1.165, 1.54) is 50.1 Å². The number of halogens is 2. The summed E-state index contributed by atoms with van der Waals surface area (Å²) in [6, 6.07) is 0.